The minimum absolute atomic E-state index is 0.0315. The third-order valence-corrected chi connectivity index (χ3v) is 9.41. The van der Waals surface area contributed by atoms with Gasteiger partial charge in [0, 0.05) is 12.2 Å². The topological polar surface area (TPSA) is 158 Å². The van der Waals surface area contributed by atoms with Gasteiger partial charge in [-0.2, -0.15) is 0 Å². The van der Waals surface area contributed by atoms with Crippen molar-refractivity contribution in [2.45, 2.75) is 23.5 Å². The highest BCUT2D eigenvalue weighted by Crippen LogP contribution is 2.25. The van der Waals surface area contributed by atoms with Crippen molar-refractivity contribution in [2.24, 2.45) is 0 Å². The Hall–Kier alpha value is -3.72. The maximum atomic E-state index is 13.1. The van der Waals surface area contributed by atoms with E-state index in [9.17, 15) is 22.8 Å². The minimum Gasteiger partial charge on any atom is -0.385 e. The summed E-state index contributed by atoms with van der Waals surface area (Å²) in [5, 5.41) is 6.00. The molecule has 3 aromatic heterocycles. The molecule has 0 saturated carbocycles. The molecule has 0 radical (unpaired) electrons. The number of hydrogen-bond acceptors (Lipinski definition) is 9. The zero-order valence-electron chi connectivity index (χ0n) is 21.1. The third-order valence-electron chi connectivity index (χ3n) is 6.35. The van der Waals surface area contributed by atoms with E-state index in [4.69, 9.17) is 11.6 Å². The number of thiophene rings is 1. The number of carbonyl (C=O) groups excluding carboxylic acids is 1. The quantitative estimate of drug-likeness (QED) is 0.212. The SMILES string of the molecule is O=C(Nc1ccc(-n2c(=O)[nH]c3cc(NCCCN4CCCC4)ccc3c2=O)nc1)NS(=O)(=O)c1ccc(Cl)s1. The second-order valence-electron chi connectivity index (χ2n) is 9.18. The Labute approximate surface area is 238 Å². The van der Waals surface area contributed by atoms with Gasteiger partial charge in [0.15, 0.2) is 0 Å². The normalized spacial score (nSPS) is 13.9. The number of nitrogens with one attached hydrogen (secondary N) is 4. The van der Waals surface area contributed by atoms with Crippen LogP contribution in [0.15, 0.2) is 62.5 Å². The van der Waals surface area contributed by atoms with Gasteiger partial charge in [0.25, 0.3) is 15.6 Å². The summed E-state index contributed by atoms with van der Waals surface area (Å²) in [5.41, 5.74) is 0.129. The van der Waals surface area contributed by atoms with Gasteiger partial charge in [-0.15, -0.1) is 11.3 Å². The number of sulfonamides is 1. The monoisotopic (exact) mass is 603 g/mol. The second kappa shape index (κ2) is 11.8. The van der Waals surface area contributed by atoms with Gasteiger partial charge in [0.2, 0.25) is 0 Å². The average molecular weight is 604 g/mol. The van der Waals surface area contributed by atoms with Crippen molar-refractivity contribution >= 4 is 61.3 Å². The summed E-state index contributed by atoms with van der Waals surface area (Å²) in [6.07, 6.45) is 4.72. The summed E-state index contributed by atoms with van der Waals surface area (Å²) >= 11 is 6.57. The average Bonchev–Trinajstić information content (AvgIpc) is 3.59. The van der Waals surface area contributed by atoms with Crippen LogP contribution < -0.4 is 26.6 Å². The van der Waals surface area contributed by atoms with Crippen molar-refractivity contribution in [2.75, 3.05) is 36.8 Å². The number of aromatic amines is 1. The molecular formula is C25H26ClN7O5S2. The number of H-pyrrole nitrogens is 1. The first-order chi connectivity index (χ1) is 19.2. The molecule has 2 amide bonds. The molecule has 1 aromatic carbocycles. The summed E-state index contributed by atoms with van der Waals surface area (Å²) in [5.74, 6) is 0.0315. The predicted molar refractivity (Wildman–Crippen MR) is 155 cm³/mol. The van der Waals surface area contributed by atoms with E-state index < -0.39 is 27.3 Å². The van der Waals surface area contributed by atoms with Crippen LogP contribution in [-0.4, -0.2) is 60.1 Å². The number of fused-ring (bicyclic) bond motifs is 1. The molecule has 5 rings (SSSR count). The van der Waals surface area contributed by atoms with Crippen molar-refractivity contribution < 1.29 is 13.2 Å². The third kappa shape index (κ3) is 6.36. The first kappa shape index (κ1) is 27.8. The highest BCUT2D eigenvalue weighted by molar-refractivity contribution is 7.92. The number of aromatic nitrogens is 3. The molecule has 4 aromatic rings. The molecule has 4 N–H and O–H groups in total. The number of likely N-dealkylation sites (tertiary alicyclic amines) is 1. The van der Waals surface area contributed by atoms with E-state index in [1.807, 2.05) is 4.72 Å². The number of pyridine rings is 1. The smallest absolute Gasteiger partial charge is 0.334 e. The van der Waals surface area contributed by atoms with Crippen molar-refractivity contribution in [3.63, 3.8) is 0 Å². The largest absolute Gasteiger partial charge is 0.385 e. The molecule has 210 valence electrons. The van der Waals surface area contributed by atoms with E-state index in [2.05, 4.69) is 25.5 Å². The Bertz CT molecular complexity index is 1760. The van der Waals surface area contributed by atoms with Crippen molar-refractivity contribution in [3.05, 3.63) is 73.8 Å². The van der Waals surface area contributed by atoms with Crippen LogP contribution >= 0.6 is 22.9 Å². The van der Waals surface area contributed by atoms with Crippen LogP contribution in [0.2, 0.25) is 4.34 Å². The minimum atomic E-state index is -4.10. The number of halogens is 1. The van der Waals surface area contributed by atoms with Crippen LogP contribution in [0.1, 0.15) is 19.3 Å². The Morgan fingerprint density at radius 3 is 2.55 bits per heavy atom. The van der Waals surface area contributed by atoms with Gasteiger partial charge in [0.1, 0.15) is 10.0 Å². The first-order valence-corrected chi connectivity index (χ1v) is 15.2. The summed E-state index contributed by atoms with van der Waals surface area (Å²) in [4.78, 5) is 47.5. The van der Waals surface area contributed by atoms with Crippen LogP contribution in [0.3, 0.4) is 0 Å². The fraction of sp³-hybridized carbons (Fsp3) is 0.280. The molecule has 15 heteroatoms. The molecule has 1 aliphatic rings. The van der Waals surface area contributed by atoms with Crippen LogP contribution in [-0.2, 0) is 10.0 Å². The first-order valence-electron chi connectivity index (χ1n) is 12.5. The number of carbonyl (C=O) groups is 1. The van der Waals surface area contributed by atoms with E-state index in [1.54, 1.807) is 18.2 Å². The molecular weight excluding hydrogens is 578 g/mol. The van der Waals surface area contributed by atoms with Gasteiger partial charge in [-0.05, 0) is 81.4 Å². The number of hydrogen-bond donors (Lipinski definition) is 4. The molecule has 0 unspecified atom stereocenters. The van der Waals surface area contributed by atoms with Crippen LogP contribution in [0.25, 0.3) is 16.7 Å². The molecule has 4 heterocycles. The van der Waals surface area contributed by atoms with Gasteiger partial charge in [-0.25, -0.2) is 32.3 Å². The zero-order valence-corrected chi connectivity index (χ0v) is 23.5. The number of anilines is 2. The van der Waals surface area contributed by atoms with E-state index >= 15 is 0 Å². The summed E-state index contributed by atoms with van der Waals surface area (Å²) in [7, 11) is -4.10. The molecule has 40 heavy (non-hydrogen) atoms. The molecule has 0 spiro atoms. The Morgan fingerprint density at radius 1 is 1.07 bits per heavy atom. The van der Waals surface area contributed by atoms with Crippen LogP contribution in [0.5, 0.6) is 0 Å². The number of urea groups is 1. The van der Waals surface area contributed by atoms with E-state index in [1.165, 1.54) is 43.3 Å². The zero-order chi connectivity index (χ0) is 28.3. The molecule has 0 bridgehead atoms. The van der Waals surface area contributed by atoms with E-state index in [0.29, 0.717) is 10.9 Å². The van der Waals surface area contributed by atoms with E-state index in [0.717, 1.165) is 54.2 Å². The number of nitrogens with zero attached hydrogens (tertiary/aromatic N) is 3. The van der Waals surface area contributed by atoms with Crippen molar-refractivity contribution in [1.29, 1.82) is 0 Å². The van der Waals surface area contributed by atoms with Gasteiger partial charge < -0.3 is 20.5 Å². The maximum absolute atomic E-state index is 13.1. The fourth-order valence-corrected chi connectivity index (χ4v) is 6.83. The predicted octanol–water partition coefficient (Wildman–Crippen LogP) is 3.20. The molecule has 12 nitrogen and oxygen atoms in total. The Kier molecular flexibility index (Phi) is 8.21. The lowest BCUT2D eigenvalue weighted by Gasteiger charge is -2.15. The molecule has 1 saturated heterocycles. The van der Waals surface area contributed by atoms with Gasteiger partial charge in [0.05, 0.1) is 27.1 Å². The summed E-state index contributed by atoms with van der Waals surface area (Å²) in [6, 6.07) is 9.60. The van der Waals surface area contributed by atoms with Crippen LogP contribution in [0.4, 0.5) is 16.2 Å². The number of rotatable bonds is 9. The van der Waals surface area contributed by atoms with Gasteiger partial charge in [-0.1, -0.05) is 11.6 Å². The van der Waals surface area contributed by atoms with Crippen molar-refractivity contribution in [3.8, 4) is 5.82 Å². The van der Waals surface area contributed by atoms with Crippen molar-refractivity contribution in [1.82, 2.24) is 24.2 Å². The highest BCUT2D eigenvalue weighted by atomic mass is 35.5. The Morgan fingerprint density at radius 2 is 1.85 bits per heavy atom. The number of amides is 2. The lowest BCUT2D eigenvalue weighted by Crippen LogP contribution is -2.35. The molecule has 1 fully saturated rings. The number of benzene rings is 1. The van der Waals surface area contributed by atoms with E-state index in [-0.39, 0.29) is 20.1 Å². The molecule has 0 aliphatic carbocycles. The lowest BCUT2D eigenvalue weighted by molar-refractivity contribution is 0.256. The lowest BCUT2D eigenvalue weighted by atomic mass is 10.2. The highest BCUT2D eigenvalue weighted by Gasteiger charge is 2.20. The standard InChI is InChI=1S/C25H26ClN7O5S2/c26-20-7-9-22(39-20)40(37,38)31-24(35)29-17-5-8-21(28-15-17)33-23(34)18-6-4-16(14-19(18)30-25(33)36)27-10-3-13-32-11-1-2-12-32/h4-9,14-15,27H,1-3,10-13H2,(H,30,36)(H2,29,31,35). The fourth-order valence-electron chi connectivity index (χ4n) is 4.44. The molecule has 0 atom stereocenters. The van der Waals surface area contributed by atoms with Crippen LogP contribution in [0, 0.1) is 0 Å². The van der Waals surface area contributed by atoms with Gasteiger partial charge >= 0.3 is 11.7 Å². The maximum Gasteiger partial charge on any atom is 0.334 e. The molecule has 1 aliphatic heterocycles. The van der Waals surface area contributed by atoms with Gasteiger partial charge in [-0.3, -0.25) is 4.79 Å². The Balaban J connectivity index is 1.26. The summed E-state index contributed by atoms with van der Waals surface area (Å²) < 4.78 is 27.5. The second-order valence-corrected chi connectivity index (χ2v) is 12.8. The summed E-state index contributed by atoms with van der Waals surface area (Å²) in [6.45, 7) is 4.13.